The second-order valence-corrected chi connectivity index (χ2v) is 1.78. The van der Waals surface area contributed by atoms with Crippen molar-refractivity contribution < 1.29 is 9.29 Å². The summed E-state index contributed by atoms with van der Waals surface area (Å²) in [5, 5.41) is 7.18. The first kappa shape index (κ1) is 4.00. The zero-order valence-corrected chi connectivity index (χ0v) is 3.66. The smallest absolute Gasteiger partial charge is 0.319 e. The van der Waals surface area contributed by atoms with E-state index in [9.17, 15) is 0 Å². The molecular weight excluding hydrogens is 100 g/mol. The Balaban J connectivity index is 2.54. The lowest BCUT2D eigenvalue weighted by Crippen LogP contribution is -1.98. The van der Waals surface area contributed by atoms with Crippen LogP contribution in [0.3, 0.4) is 0 Å². The van der Waals surface area contributed by atoms with Gasteiger partial charge in [-0.25, -0.2) is 0 Å². The van der Waals surface area contributed by atoms with Gasteiger partial charge in [-0.1, -0.05) is 0 Å². The maximum atomic E-state index is 8.44. The van der Waals surface area contributed by atoms with Crippen molar-refractivity contribution in [2.75, 3.05) is 0 Å². The van der Waals surface area contributed by atoms with Crippen molar-refractivity contribution in [3.63, 3.8) is 0 Å². The SMILES string of the molecule is C#CC1(O)OS1. The quantitative estimate of drug-likeness (QED) is 0.264. The summed E-state index contributed by atoms with van der Waals surface area (Å²) in [4.78, 5) is 0. The molecule has 1 rings (SSSR count). The summed E-state index contributed by atoms with van der Waals surface area (Å²) in [6.07, 6.45) is 4.72. The minimum atomic E-state index is -1.26. The van der Waals surface area contributed by atoms with Crippen LogP contribution in [0.1, 0.15) is 0 Å². The minimum absolute atomic E-state index is 0.890. The van der Waals surface area contributed by atoms with E-state index in [1.807, 2.05) is 5.92 Å². The molecule has 1 N–H and O–H groups in total. The third-order valence-corrected chi connectivity index (χ3v) is 1.02. The number of aliphatic hydroxyl groups is 1. The maximum absolute atomic E-state index is 8.44. The zero-order chi connectivity index (χ0) is 4.62. The van der Waals surface area contributed by atoms with Crippen LogP contribution in [0.4, 0.5) is 0 Å². The Morgan fingerprint density at radius 2 is 2.50 bits per heavy atom. The van der Waals surface area contributed by atoms with Crippen LogP contribution in [0.5, 0.6) is 0 Å². The third-order valence-electron chi connectivity index (χ3n) is 0.424. The highest BCUT2D eigenvalue weighted by atomic mass is 32.2. The van der Waals surface area contributed by atoms with Crippen molar-refractivity contribution in [3.05, 3.63) is 0 Å². The minimum Gasteiger partial charge on any atom is -0.345 e. The molecule has 0 bridgehead atoms. The monoisotopic (exact) mass is 102 g/mol. The van der Waals surface area contributed by atoms with Crippen LogP contribution in [0.2, 0.25) is 0 Å². The molecule has 0 spiro atoms. The van der Waals surface area contributed by atoms with E-state index >= 15 is 0 Å². The third kappa shape index (κ3) is 0.500. The molecule has 0 radical (unpaired) electrons. The Bertz CT molecular complexity index is 99.9. The van der Waals surface area contributed by atoms with Gasteiger partial charge >= 0.3 is 5.12 Å². The Kier molecular flexibility index (Phi) is 0.606. The van der Waals surface area contributed by atoms with Crippen molar-refractivity contribution in [2.24, 2.45) is 0 Å². The second-order valence-electron chi connectivity index (χ2n) is 0.893. The molecule has 1 heterocycles. The first-order valence-electron chi connectivity index (χ1n) is 1.34. The predicted octanol–water partition coefficient (Wildman–Crippen LogP) is -0.0559. The summed E-state index contributed by atoms with van der Waals surface area (Å²) in [7, 11) is 0. The number of hydrogen-bond acceptors (Lipinski definition) is 3. The highest BCUT2D eigenvalue weighted by Crippen LogP contribution is 2.43. The highest BCUT2D eigenvalue weighted by molar-refractivity contribution is 8.01. The topological polar surface area (TPSA) is 32.8 Å². The number of hydrogen-bond donors (Lipinski definition) is 1. The molecule has 0 aromatic carbocycles. The summed E-state index contributed by atoms with van der Waals surface area (Å²) < 4.78 is 4.28. The van der Waals surface area contributed by atoms with Gasteiger partial charge in [-0.3, -0.25) is 4.18 Å². The predicted molar refractivity (Wildman–Crippen MR) is 22.5 cm³/mol. The molecule has 0 aliphatic carbocycles. The maximum Gasteiger partial charge on any atom is 0.319 e. The van der Waals surface area contributed by atoms with Gasteiger partial charge in [-0.2, -0.15) is 0 Å². The van der Waals surface area contributed by atoms with E-state index in [0.717, 1.165) is 12.0 Å². The lowest BCUT2D eigenvalue weighted by atomic mass is 10.7. The Morgan fingerprint density at radius 3 is 2.50 bits per heavy atom. The van der Waals surface area contributed by atoms with E-state index < -0.39 is 5.12 Å². The highest BCUT2D eigenvalue weighted by Gasteiger charge is 2.43. The fraction of sp³-hybridized carbons (Fsp3) is 0.333. The standard InChI is InChI=1S/C3H2O2S/c1-2-3(4)5-6-3/h1,4H. The Hall–Kier alpha value is -0.170. The van der Waals surface area contributed by atoms with E-state index in [1.54, 1.807) is 0 Å². The van der Waals surface area contributed by atoms with Gasteiger partial charge in [0.05, 0.1) is 12.0 Å². The van der Waals surface area contributed by atoms with Crippen LogP contribution in [0.25, 0.3) is 0 Å². The van der Waals surface area contributed by atoms with Gasteiger partial charge in [-0.05, 0) is 5.92 Å². The van der Waals surface area contributed by atoms with Gasteiger partial charge in [-0.15, -0.1) is 6.42 Å². The molecule has 6 heavy (non-hydrogen) atoms. The van der Waals surface area contributed by atoms with Crippen molar-refractivity contribution in [1.82, 2.24) is 0 Å². The van der Waals surface area contributed by atoms with Crippen molar-refractivity contribution in [2.45, 2.75) is 5.12 Å². The molecule has 1 atom stereocenters. The molecule has 1 aliphatic rings. The molecule has 1 fully saturated rings. The normalized spacial score (nSPS) is 41.3. The van der Waals surface area contributed by atoms with Gasteiger partial charge in [0.2, 0.25) is 0 Å². The lowest BCUT2D eigenvalue weighted by Gasteiger charge is -1.78. The average Bonchev–Trinajstić information content (AvgIpc) is 2.22. The van der Waals surface area contributed by atoms with Crippen molar-refractivity contribution in [3.8, 4) is 12.3 Å². The molecule has 0 aromatic heterocycles. The van der Waals surface area contributed by atoms with Gasteiger partial charge in [0.1, 0.15) is 0 Å². The molecule has 1 aliphatic heterocycles. The summed E-state index contributed by atoms with van der Waals surface area (Å²) in [5.74, 6) is 2.01. The largest absolute Gasteiger partial charge is 0.345 e. The summed E-state index contributed by atoms with van der Waals surface area (Å²) in [6, 6.07) is 0. The van der Waals surface area contributed by atoms with Crippen LogP contribution in [0.15, 0.2) is 0 Å². The molecule has 1 unspecified atom stereocenters. The number of rotatable bonds is 0. The van der Waals surface area contributed by atoms with E-state index in [2.05, 4.69) is 4.18 Å². The van der Waals surface area contributed by atoms with E-state index in [0.29, 0.717) is 0 Å². The van der Waals surface area contributed by atoms with E-state index in [4.69, 9.17) is 11.5 Å². The number of terminal acetylenes is 1. The molecule has 0 aromatic rings. The molecule has 1 saturated heterocycles. The fourth-order valence-corrected chi connectivity index (χ4v) is 0.263. The van der Waals surface area contributed by atoms with Crippen LogP contribution < -0.4 is 0 Å². The van der Waals surface area contributed by atoms with E-state index in [-0.39, 0.29) is 0 Å². The summed E-state index contributed by atoms with van der Waals surface area (Å²) in [6.45, 7) is 0. The molecule has 32 valence electrons. The van der Waals surface area contributed by atoms with Gasteiger partial charge < -0.3 is 5.11 Å². The zero-order valence-electron chi connectivity index (χ0n) is 2.84. The lowest BCUT2D eigenvalue weighted by molar-refractivity contribution is 0.0919. The summed E-state index contributed by atoms with van der Waals surface area (Å²) >= 11 is 0.890. The fourth-order valence-electron chi connectivity index (χ4n) is 0.0876. The summed E-state index contributed by atoms with van der Waals surface area (Å²) in [5.41, 5.74) is 0. The van der Waals surface area contributed by atoms with Gasteiger partial charge in [0, 0.05) is 0 Å². The molecule has 2 nitrogen and oxygen atoms in total. The van der Waals surface area contributed by atoms with Crippen molar-refractivity contribution in [1.29, 1.82) is 0 Å². The van der Waals surface area contributed by atoms with Crippen LogP contribution in [0, 0.1) is 12.3 Å². The van der Waals surface area contributed by atoms with E-state index in [1.165, 1.54) is 0 Å². The van der Waals surface area contributed by atoms with Crippen LogP contribution in [-0.2, 0) is 4.18 Å². The van der Waals surface area contributed by atoms with Crippen LogP contribution in [-0.4, -0.2) is 10.2 Å². The molecule has 0 amide bonds. The second kappa shape index (κ2) is 0.909. The van der Waals surface area contributed by atoms with Crippen LogP contribution >= 0.6 is 12.0 Å². The first-order valence-corrected chi connectivity index (χ1v) is 2.08. The average molecular weight is 102 g/mol. The van der Waals surface area contributed by atoms with Gasteiger partial charge in [0.15, 0.2) is 0 Å². The van der Waals surface area contributed by atoms with Gasteiger partial charge in [0.25, 0.3) is 0 Å². The molecule has 0 saturated carbocycles. The Morgan fingerprint density at radius 1 is 2.00 bits per heavy atom. The molecular formula is C3H2O2S. The Labute approximate surface area is 39.7 Å². The molecule has 3 heteroatoms. The van der Waals surface area contributed by atoms with Crippen molar-refractivity contribution >= 4 is 12.0 Å². The first-order chi connectivity index (χ1) is 2.77.